The summed E-state index contributed by atoms with van der Waals surface area (Å²) in [6.45, 7) is 1.78. The second-order valence-corrected chi connectivity index (χ2v) is 3.29. The minimum absolute atomic E-state index is 0.00130. The number of nitrogens with one attached hydrogen (secondary N) is 1. The van der Waals surface area contributed by atoms with Gasteiger partial charge in [-0.3, -0.25) is 9.36 Å². The van der Waals surface area contributed by atoms with Gasteiger partial charge in [0.2, 0.25) is 0 Å². The van der Waals surface area contributed by atoms with Crippen LogP contribution >= 0.6 is 0 Å². The Labute approximate surface area is 88.1 Å². The molecule has 1 N–H and O–H groups in total. The van der Waals surface area contributed by atoms with Gasteiger partial charge in [0.25, 0.3) is 5.56 Å². The fourth-order valence-electron chi connectivity index (χ4n) is 1.53. The average molecular weight is 226 g/mol. The largest absolute Gasteiger partial charge is 0.328 e. The maximum atomic E-state index is 12.9. The lowest BCUT2D eigenvalue weighted by molar-refractivity contribution is 0.510. The van der Waals surface area contributed by atoms with Crippen LogP contribution in [0.1, 0.15) is 6.92 Å². The third kappa shape index (κ3) is 1.42. The summed E-state index contributed by atoms with van der Waals surface area (Å²) in [5.41, 5.74) is -1.26. The monoisotopic (exact) mass is 226 g/mol. The molecule has 0 aliphatic carbocycles. The van der Waals surface area contributed by atoms with Crippen molar-refractivity contribution in [2.75, 3.05) is 0 Å². The Hall–Kier alpha value is -1.98. The number of H-pyrrole nitrogens is 1. The van der Waals surface area contributed by atoms with Crippen LogP contribution in [0, 0.1) is 11.6 Å². The van der Waals surface area contributed by atoms with E-state index in [1.807, 2.05) is 0 Å². The second-order valence-electron chi connectivity index (χ2n) is 3.29. The van der Waals surface area contributed by atoms with Crippen LogP contribution in [0.25, 0.3) is 10.9 Å². The molecular weight excluding hydrogens is 218 g/mol. The number of aromatic nitrogens is 2. The Morgan fingerprint density at radius 1 is 1.25 bits per heavy atom. The summed E-state index contributed by atoms with van der Waals surface area (Å²) in [6.07, 6.45) is 0. The zero-order chi connectivity index (χ0) is 11.9. The molecule has 1 aromatic carbocycles. The van der Waals surface area contributed by atoms with Crippen LogP contribution in [-0.4, -0.2) is 9.55 Å². The van der Waals surface area contributed by atoms with E-state index in [2.05, 4.69) is 4.98 Å². The van der Waals surface area contributed by atoms with Crippen molar-refractivity contribution in [1.29, 1.82) is 0 Å². The normalized spacial score (nSPS) is 10.9. The molecule has 1 aromatic heterocycles. The van der Waals surface area contributed by atoms with Gasteiger partial charge in [-0.2, -0.15) is 0 Å². The van der Waals surface area contributed by atoms with Crippen LogP contribution in [0.4, 0.5) is 8.78 Å². The van der Waals surface area contributed by atoms with Crippen molar-refractivity contribution < 1.29 is 8.78 Å². The summed E-state index contributed by atoms with van der Waals surface area (Å²) in [4.78, 5) is 25.4. The van der Waals surface area contributed by atoms with Crippen molar-refractivity contribution in [3.05, 3.63) is 44.6 Å². The molecule has 0 unspecified atom stereocenters. The first-order chi connectivity index (χ1) is 7.54. The predicted molar refractivity (Wildman–Crippen MR) is 54.4 cm³/mol. The third-order valence-electron chi connectivity index (χ3n) is 2.34. The van der Waals surface area contributed by atoms with Gasteiger partial charge in [0.15, 0.2) is 11.6 Å². The van der Waals surface area contributed by atoms with Crippen LogP contribution in [0.15, 0.2) is 21.7 Å². The van der Waals surface area contributed by atoms with Gasteiger partial charge < -0.3 is 4.98 Å². The summed E-state index contributed by atoms with van der Waals surface area (Å²) in [6, 6.07) is 1.59. The van der Waals surface area contributed by atoms with Crippen molar-refractivity contribution in [2.45, 2.75) is 13.5 Å². The van der Waals surface area contributed by atoms with Gasteiger partial charge in [-0.05, 0) is 13.0 Å². The van der Waals surface area contributed by atoms with Crippen molar-refractivity contribution in [2.24, 2.45) is 0 Å². The molecule has 4 nitrogen and oxygen atoms in total. The minimum Gasteiger partial charge on any atom is -0.307 e. The number of fused-ring (bicyclic) bond motifs is 1. The van der Waals surface area contributed by atoms with Gasteiger partial charge >= 0.3 is 5.69 Å². The summed E-state index contributed by atoms with van der Waals surface area (Å²) in [5, 5.41) is -0.0413. The quantitative estimate of drug-likeness (QED) is 0.788. The lowest BCUT2D eigenvalue weighted by Crippen LogP contribution is -2.34. The fourth-order valence-corrected chi connectivity index (χ4v) is 1.53. The SMILES string of the molecule is CCn1c(=O)[nH]c2cc(F)c(F)cc2c1=O. The van der Waals surface area contributed by atoms with E-state index in [9.17, 15) is 18.4 Å². The maximum Gasteiger partial charge on any atom is 0.328 e. The highest BCUT2D eigenvalue weighted by molar-refractivity contribution is 5.77. The fraction of sp³-hybridized carbons (Fsp3) is 0.200. The highest BCUT2D eigenvalue weighted by Crippen LogP contribution is 2.11. The van der Waals surface area contributed by atoms with Crippen molar-refractivity contribution >= 4 is 10.9 Å². The maximum absolute atomic E-state index is 12.9. The van der Waals surface area contributed by atoms with Gasteiger partial charge in [-0.15, -0.1) is 0 Å². The minimum atomic E-state index is -1.11. The molecule has 6 heteroatoms. The molecule has 2 rings (SSSR count). The Bertz CT molecular complexity index is 673. The zero-order valence-corrected chi connectivity index (χ0v) is 8.38. The molecule has 2 aromatic rings. The van der Waals surface area contributed by atoms with Gasteiger partial charge in [-0.1, -0.05) is 0 Å². The molecule has 0 spiro atoms. The van der Waals surface area contributed by atoms with Crippen LogP contribution in [-0.2, 0) is 6.54 Å². The molecule has 0 bridgehead atoms. The van der Waals surface area contributed by atoms with Crippen LogP contribution in [0.3, 0.4) is 0 Å². The van der Waals surface area contributed by atoms with E-state index in [4.69, 9.17) is 0 Å². The first kappa shape index (κ1) is 10.5. The zero-order valence-electron chi connectivity index (χ0n) is 8.38. The van der Waals surface area contributed by atoms with E-state index >= 15 is 0 Å². The number of hydrogen-bond donors (Lipinski definition) is 1. The number of benzene rings is 1. The average Bonchev–Trinajstić information content (AvgIpc) is 2.22. The number of halogens is 2. The standard InChI is InChI=1S/C10H8F2N2O2/c1-2-14-9(15)5-3-6(11)7(12)4-8(5)13-10(14)16/h3-4H,2H2,1H3,(H,13,16). The van der Waals surface area contributed by atoms with E-state index in [1.165, 1.54) is 0 Å². The molecule has 1 heterocycles. The summed E-state index contributed by atoms with van der Waals surface area (Å²) in [7, 11) is 0. The summed E-state index contributed by atoms with van der Waals surface area (Å²) in [5.74, 6) is -2.21. The van der Waals surface area contributed by atoms with Crippen LogP contribution < -0.4 is 11.2 Å². The number of rotatable bonds is 1. The number of aromatic amines is 1. The first-order valence-corrected chi connectivity index (χ1v) is 4.66. The Morgan fingerprint density at radius 3 is 2.50 bits per heavy atom. The van der Waals surface area contributed by atoms with Crippen molar-refractivity contribution in [1.82, 2.24) is 9.55 Å². The van der Waals surface area contributed by atoms with E-state index in [1.54, 1.807) is 6.92 Å². The summed E-state index contributed by atoms with van der Waals surface area (Å²) >= 11 is 0. The second kappa shape index (κ2) is 3.55. The van der Waals surface area contributed by atoms with Crippen LogP contribution in [0.5, 0.6) is 0 Å². The molecule has 16 heavy (non-hydrogen) atoms. The number of nitrogens with zero attached hydrogens (tertiary/aromatic N) is 1. The lowest BCUT2D eigenvalue weighted by atomic mass is 10.2. The highest BCUT2D eigenvalue weighted by atomic mass is 19.2. The molecule has 0 saturated carbocycles. The first-order valence-electron chi connectivity index (χ1n) is 4.66. The van der Waals surface area contributed by atoms with E-state index < -0.39 is 22.9 Å². The molecule has 0 amide bonds. The lowest BCUT2D eigenvalue weighted by Gasteiger charge is -2.03. The molecule has 0 aliphatic rings. The Morgan fingerprint density at radius 2 is 1.88 bits per heavy atom. The van der Waals surface area contributed by atoms with Crippen molar-refractivity contribution in [3.63, 3.8) is 0 Å². The molecule has 0 radical (unpaired) electrons. The van der Waals surface area contributed by atoms with Gasteiger partial charge in [0.05, 0.1) is 10.9 Å². The molecule has 84 valence electrons. The van der Waals surface area contributed by atoms with Crippen molar-refractivity contribution in [3.8, 4) is 0 Å². The third-order valence-corrected chi connectivity index (χ3v) is 2.34. The van der Waals surface area contributed by atoms with E-state index in [-0.39, 0.29) is 17.4 Å². The smallest absolute Gasteiger partial charge is 0.307 e. The Balaban J connectivity index is 3.00. The van der Waals surface area contributed by atoms with Gasteiger partial charge in [0.1, 0.15) is 0 Å². The molecule has 0 atom stereocenters. The molecule has 0 aliphatic heterocycles. The summed E-state index contributed by atoms with van der Waals surface area (Å²) < 4.78 is 26.8. The van der Waals surface area contributed by atoms with E-state index in [0.29, 0.717) is 0 Å². The highest BCUT2D eigenvalue weighted by Gasteiger charge is 2.10. The Kier molecular flexibility index (Phi) is 2.34. The topological polar surface area (TPSA) is 54.9 Å². The molecule has 0 saturated heterocycles. The van der Waals surface area contributed by atoms with Gasteiger partial charge in [-0.25, -0.2) is 13.6 Å². The molecule has 0 fully saturated rings. The molecular formula is C10H8F2N2O2. The van der Waals surface area contributed by atoms with Gasteiger partial charge in [0, 0.05) is 12.6 Å². The number of hydrogen-bond acceptors (Lipinski definition) is 2. The van der Waals surface area contributed by atoms with E-state index in [0.717, 1.165) is 16.7 Å². The predicted octanol–water partition coefficient (Wildman–Crippen LogP) is 0.988. The van der Waals surface area contributed by atoms with Crippen LogP contribution in [0.2, 0.25) is 0 Å².